The van der Waals surface area contributed by atoms with Crippen LogP contribution >= 0.6 is 27.5 Å². The predicted octanol–water partition coefficient (Wildman–Crippen LogP) is 5.41. The molecule has 0 spiro atoms. The van der Waals surface area contributed by atoms with E-state index in [9.17, 15) is 4.79 Å². The average Bonchev–Trinajstić information content (AvgIpc) is 3.01. The first kappa shape index (κ1) is 18.7. The summed E-state index contributed by atoms with van der Waals surface area (Å²) in [5.41, 5.74) is 2.04. The molecular formula is C18H17BrClN3O3. The van der Waals surface area contributed by atoms with Crippen molar-refractivity contribution < 1.29 is 14.1 Å². The maximum Gasteiger partial charge on any atom is 0.257 e. The van der Waals surface area contributed by atoms with Gasteiger partial charge in [-0.15, -0.1) is 0 Å². The normalized spacial score (nSPS) is 11.2. The van der Waals surface area contributed by atoms with Crippen LogP contribution in [0, 0.1) is 0 Å². The molecule has 1 amide bonds. The summed E-state index contributed by atoms with van der Waals surface area (Å²) in [6.07, 6.45) is 1.45. The third kappa shape index (κ3) is 3.68. The lowest BCUT2D eigenvalue weighted by Gasteiger charge is -2.14. The molecule has 6 nitrogen and oxygen atoms in total. The Labute approximate surface area is 164 Å². The molecule has 1 N–H and O–H groups in total. The Bertz CT molecular complexity index is 972. The SMILES string of the molecule is CCOc1c(Br)cc(Cl)cc1NC(=O)c1cnc2onc(C(C)C)c2c1. The molecule has 0 aliphatic carbocycles. The summed E-state index contributed by atoms with van der Waals surface area (Å²) in [7, 11) is 0. The van der Waals surface area contributed by atoms with E-state index in [-0.39, 0.29) is 11.8 Å². The number of benzene rings is 1. The summed E-state index contributed by atoms with van der Waals surface area (Å²) in [6, 6.07) is 5.07. The molecule has 0 fully saturated rings. The van der Waals surface area contributed by atoms with Gasteiger partial charge in [-0.2, -0.15) is 0 Å². The largest absolute Gasteiger partial charge is 0.491 e. The number of anilines is 1. The van der Waals surface area contributed by atoms with E-state index in [1.54, 1.807) is 18.2 Å². The second-order valence-electron chi connectivity index (χ2n) is 5.95. The van der Waals surface area contributed by atoms with E-state index >= 15 is 0 Å². The van der Waals surface area contributed by atoms with Crippen molar-refractivity contribution in [2.24, 2.45) is 0 Å². The number of carbonyl (C=O) groups excluding carboxylic acids is 1. The smallest absolute Gasteiger partial charge is 0.257 e. The standard InChI is InChI=1S/C18H17BrClN3O3/c1-4-25-16-13(19)6-11(20)7-14(16)22-17(24)10-5-12-15(9(2)3)23-26-18(12)21-8-10/h5-9H,4H2,1-3H3,(H,22,24). The minimum atomic E-state index is -0.328. The van der Waals surface area contributed by atoms with Crippen LogP contribution in [0.2, 0.25) is 5.02 Å². The molecule has 0 unspecified atom stereocenters. The summed E-state index contributed by atoms with van der Waals surface area (Å²) in [6.45, 7) is 6.32. The van der Waals surface area contributed by atoms with Crippen LogP contribution in [0.5, 0.6) is 5.75 Å². The van der Waals surface area contributed by atoms with E-state index in [0.29, 0.717) is 38.8 Å². The lowest BCUT2D eigenvalue weighted by atomic mass is 10.1. The first-order valence-electron chi connectivity index (χ1n) is 8.09. The molecule has 0 saturated heterocycles. The highest BCUT2D eigenvalue weighted by molar-refractivity contribution is 9.10. The molecule has 3 rings (SSSR count). The van der Waals surface area contributed by atoms with Crippen LogP contribution in [-0.2, 0) is 0 Å². The highest BCUT2D eigenvalue weighted by atomic mass is 79.9. The molecule has 0 saturated carbocycles. The van der Waals surface area contributed by atoms with E-state index in [4.69, 9.17) is 20.9 Å². The average molecular weight is 439 g/mol. The van der Waals surface area contributed by atoms with Gasteiger partial charge in [-0.1, -0.05) is 30.6 Å². The molecule has 136 valence electrons. The van der Waals surface area contributed by atoms with Crippen LogP contribution in [0.4, 0.5) is 5.69 Å². The van der Waals surface area contributed by atoms with Gasteiger partial charge in [-0.05, 0) is 47.0 Å². The zero-order valence-corrected chi connectivity index (χ0v) is 16.8. The van der Waals surface area contributed by atoms with Crippen LogP contribution in [0.25, 0.3) is 11.1 Å². The van der Waals surface area contributed by atoms with E-state index in [2.05, 4.69) is 31.4 Å². The Morgan fingerprint density at radius 2 is 2.15 bits per heavy atom. The summed E-state index contributed by atoms with van der Waals surface area (Å²) in [5, 5.41) is 8.06. The first-order valence-corrected chi connectivity index (χ1v) is 9.26. The fourth-order valence-corrected chi connectivity index (χ4v) is 3.45. The molecule has 26 heavy (non-hydrogen) atoms. The van der Waals surface area contributed by atoms with E-state index in [1.165, 1.54) is 6.20 Å². The number of aromatic nitrogens is 2. The van der Waals surface area contributed by atoms with Crippen molar-refractivity contribution in [3.8, 4) is 5.75 Å². The number of fused-ring (bicyclic) bond motifs is 1. The molecule has 0 bridgehead atoms. The van der Waals surface area contributed by atoms with Gasteiger partial charge in [0, 0.05) is 11.2 Å². The van der Waals surface area contributed by atoms with Crippen molar-refractivity contribution in [3.05, 3.63) is 45.1 Å². The molecule has 2 aromatic heterocycles. The molecule has 0 aliphatic heterocycles. The highest BCUT2D eigenvalue weighted by Crippen LogP contribution is 2.37. The minimum absolute atomic E-state index is 0.157. The zero-order chi connectivity index (χ0) is 18.8. The van der Waals surface area contributed by atoms with Gasteiger partial charge >= 0.3 is 0 Å². The summed E-state index contributed by atoms with van der Waals surface area (Å²) >= 11 is 9.51. The summed E-state index contributed by atoms with van der Waals surface area (Å²) in [5.74, 6) is 0.349. The third-order valence-corrected chi connectivity index (χ3v) is 4.52. The second-order valence-corrected chi connectivity index (χ2v) is 7.24. The Kier molecular flexibility index (Phi) is 5.48. The van der Waals surface area contributed by atoms with Crippen LogP contribution in [-0.4, -0.2) is 22.7 Å². The maximum atomic E-state index is 12.7. The maximum absolute atomic E-state index is 12.7. The van der Waals surface area contributed by atoms with Crippen LogP contribution in [0.1, 0.15) is 42.7 Å². The number of halogens is 2. The van der Waals surface area contributed by atoms with Gasteiger partial charge in [0.1, 0.15) is 0 Å². The molecule has 0 aliphatic rings. The van der Waals surface area contributed by atoms with E-state index < -0.39 is 0 Å². The molecule has 1 aromatic carbocycles. The fraction of sp³-hybridized carbons (Fsp3) is 0.278. The zero-order valence-electron chi connectivity index (χ0n) is 14.5. The molecule has 2 heterocycles. The van der Waals surface area contributed by atoms with Crippen LogP contribution in [0.15, 0.2) is 33.4 Å². The Balaban J connectivity index is 1.96. The van der Waals surface area contributed by atoms with Crippen molar-refractivity contribution in [2.75, 3.05) is 11.9 Å². The van der Waals surface area contributed by atoms with Crippen LogP contribution < -0.4 is 10.1 Å². The monoisotopic (exact) mass is 437 g/mol. The number of pyridine rings is 1. The lowest BCUT2D eigenvalue weighted by Crippen LogP contribution is -2.13. The predicted molar refractivity (Wildman–Crippen MR) is 104 cm³/mol. The number of carbonyl (C=O) groups is 1. The van der Waals surface area contributed by atoms with Crippen molar-refractivity contribution in [1.82, 2.24) is 10.1 Å². The Morgan fingerprint density at radius 1 is 1.38 bits per heavy atom. The third-order valence-electron chi connectivity index (χ3n) is 3.71. The van der Waals surface area contributed by atoms with Crippen molar-refractivity contribution in [2.45, 2.75) is 26.7 Å². The molecule has 8 heteroatoms. The topological polar surface area (TPSA) is 77.2 Å². The number of hydrogen-bond donors (Lipinski definition) is 1. The summed E-state index contributed by atoms with van der Waals surface area (Å²) in [4.78, 5) is 16.9. The van der Waals surface area contributed by atoms with Crippen molar-refractivity contribution in [3.63, 3.8) is 0 Å². The van der Waals surface area contributed by atoms with Crippen molar-refractivity contribution in [1.29, 1.82) is 0 Å². The van der Waals surface area contributed by atoms with E-state index in [0.717, 1.165) is 11.1 Å². The second kappa shape index (κ2) is 7.63. The van der Waals surface area contributed by atoms with Crippen molar-refractivity contribution >= 4 is 50.2 Å². The van der Waals surface area contributed by atoms with E-state index in [1.807, 2.05) is 20.8 Å². The molecule has 0 radical (unpaired) electrons. The van der Waals surface area contributed by atoms with Gasteiger partial charge < -0.3 is 14.6 Å². The van der Waals surface area contributed by atoms with Crippen LogP contribution in [0.3, 0.4) is 0 Å². The quantitative estimate of drug-likeness (QED) is 0.576. The Hall–Kier alpha value is -2.12. The summed E-state index contributed by atoms with van der Waals surface area (Å²) < 4.78 is 11.5. The van der Waals surface area contributed by atoms with Gasteiger partial charge in [-0.3, -0.25) is 4.79 Å². The number of hydrogen-bond acceptors (Lipinski definition) is 5. The number of amides is 1. The number of nitrogens with one attached hydrogen (secondary N) is 1. The van der Waals surface area contributed by atoms with Gasteiger partial charge in [-0.25, -0.2) is 4.98 Å². The molecule has 3 aromatic rings. The van der Waals surface area contributed by atoms with Gasteiger partial charge in [0.2, 0.25) is 0 Å². The Morgan fingerprint density at radius 3 is 2.85 bits per heavy atom. The lowest BCUT2D eigenvalue weighted by molar-refractivity contribution is 0.102. The number of nitrogens with zero attached hydrogens (tertiary/aromatic N) is 2. The van der Waals surface area contributed by atoms with Gasteiger partial charge in [0.15, 0.2) is 5.75 Å². The highest BCUT2D eigenvalue weighted by Gasteiger charge is 2.18. The minimum Gasteiger partial charge on any atom is -0.491 e. The number of ether oxygens (including phenoxy) is 1. The number of rotatable bonds is 5. The molecule has 0 atom stereocenters. The fourth-order valence-electron chi connectivity index (χ4n) is 2.53. The first-order chi connectivity index (χ1) is 12.4. The van der Waals surface area contributed by atoms with Gasteiger partial charge in [0.25, 0.3) is 11.6 Å². The van der Waals surface area contributed by atoms with Gasteiger partial charge in [0.05, 0.1) is 33.4 Å². The molecular weight excluding hydrogens is 422 g/mol.